The number of carbonyl (C=O) groups excluding carboxylic acids is 2. The smallest absolute Gasteiger partial charge is 0.303 e. The van der Waals surface area contributed by atoms with Gasteiger partial charge in [-0.3, -0.25) is 9.59 Å². The van der Waals surface area contributed by atoms with Crippen LogP contribution in [0.3, 0.4) is 0 Å². The lowest BCUT2D eigenvalue weighted by atomic mass is 9.42. The van der Waals surface area contributed by atoms with Gasteiger partial charge >= 0.3 is 5.97 Å². The van der Waals surface area contributed by atoms with Crippen LogP contribution in [-0.2, 0) is 23.8 Å². The first kappa shape index (κ1) is 19.9. The summed E-state index contributed by atoms with van der Waals surface area (Å²) in [6.07, 6.45) is 6.11. The molecule has 28 heavy (non-hydrogen) atoms. The van der Waals surface area contributed by atoms with E-state index < -0.39 is 34.3 Å². The Morgan fingerprint density at radius 3 is 2.50 bits per heavy atom. The number of esters is 1. The predicted octanol–water partition coefficient (Wildman–Crippen LogP) is 2.92. The van der Waals surface area contributed by atoms with Crippen molar-refractivity contribution in [3.05, 3.63) is 12.3 Å². The van der Waals surface area contributed by atoms with Gasteiger partial charge in [-0.15, -0.1) is 0 Å². The summed E-state index contributed by atoms with van der Waals surface area (Å²) in [5.41, 5.74) is -3.85. The fraction of sp³-hybridized carbons (Fsp3) is 0.818. The van der Waals surface area contributed by atoms with Crippen molar-refractivity contribution < 1.29 is 28.9 Å². The van der Waals surface area contributed by atoms with Gasteiger partial charge in [-0.25, -0.2) is 0 Å². The second kappa shape index (κ2) is 5.82. The summed E-state index contributed by atoms with van der Waals surface area (Å²) in [7, 11) is 0. The van der Waals surface area contributed by atoms with E-state index in [0.29, 0.717) is 19.4 Å². The molecule has 156 valence electrons. The molecule has 2 saturated carbocycles. The Hall–Kier alpha value is -1.40. The van der Waals surface area contributed by atoms with Gasteiger partial charge in [-0.1, -0.05) is 27.2 Å². The Kier molecular flexibility index (Phi) is 4.13. The molecule has 6 nitrogen and oxygen atoms in total. The van der Waals surface area contributed by atoms with Crippen LogP contribution in [0.1, 0.15) is 66.7 Å². The molecular formula is C22H32O6. The van der Waals surface area contributed by atoms with Crippen molar-refractivity contribution in [2.24, 2.45) is 16.7 Å². The quantitative estimate of drug-likeness (QED) is 0.691. The third-order valence-corrected chi connectivity index (χ3v) is 8.17. The van der Waals surface area contributed by atoms with Crippen molar-refractivity contribution in [1.82, 2.24) is 0 Å². The maximum atomic E-state index is 13.5. The second-order valence-corrected chi connectivity index (χ2v) is 10.3. The van der Waals surface area contributed by atoms with Gasteiger partial charge in [0.05, 0.1) is 6.26 Å². The van der Waals surface area contributed by atoms with Crippen LogP contribution < -0.4 is 0 Å². The van der Waals surface area contributed by atoms with Crippen molar-refractivity contribution >= 4 is 11.8 Å². The molecule has 2 aliphatic heterocycles. The fourth-order valence-corrected chi connectivity index (χ4v) is 7.07. The molecule has 2 heterocycles. The first-order chi connectivity index (χ1) is 12.9. The average Bonchev–Trinajstić information content (AvgIpc) is 3.20. The molecule has 0 aromatic heterocycles. The van der Waals surface area contributed by atoms with Crippen LogP contribution in [0, 0.1) is 16.7 Å². The summed E-state index contributed by atoms with van der Waals surface area (Å²) >= 11 is 0. The second-order valence-electron chi connectivity index (χ2n) is 10.3. The van der Waals surface area contributed by atoms with E-state index in [1.165, 1.54) is 6.92 Å². The van der Waals surface area contributed by atoms with E-state index in [4.69, 9.17) is 14.2 Å². The largest absolute Gasteiger partial charge is 0.498 e. The highest BCUT2D eigenvalue weighted by Crippen LogP contribution is 2.68. The number of aliphatic hydroxyl groups is 1. The van der Waals surface area contributed by atoms with E-state index in [1.54, 1.807) is 13.2 Å². The van der Waals surface area contributed by atoms with Gasteiger partial charge in [0.1, 0.15) is 17.8 Å². The molecule has 0 aromatic carbocycles. The zero-order valence-electron chi connectivity index (χ0n) is 17.5. The van der Waals surface area contributed by atoms with Crippen LogP contribution in [-0.4, -0.2) is 46.4 Å². The van der Waals surface area contributed by atoms with Crippen LogP contribution in [0.15, 0.2) is 12.3 Å². The van der Waals surface area contributed by atoms with Crippen LogP contribution in [0.4, 0.5) is 0 Å². The molecule has 0 bridgehead atoms. The van der Waals surface area contributed by atoms with Gasteiger partial charge in [0, 0.05) is 18.3 Å². The number of rotatable bonds is 1. The molecule has 3 fully saturated rings. The van der Waals surface area contributed by atoms with Gasteiger partial charge < -0.3 is 19.3 Å². The average molecular weight is 392 g/mol. The lowest BCUT2D eigenvalue weighted by Gasteiger charge is -2.66. The van der Waals surface area contributed by atoms with Gasteiger partial charge in [0.2, 0.25) is 0 Å². The number of hydrogen-bond donors (Lipinski definition) is 1. The van der Waals surface area contributed by atoms with Crippen molar-refractivity contribution in [3.8, 4) is 0 Å². The van der Waals surface area contributed by atoms with Gasteiger partial charge in [0.15, 0.2) is 17.5 Å². The number of Topliss-reactive ketones (excluding diaryl/α,β-unsaturated/α-hetero) is 1. The number of ketones is 1. The topological polar surface area (TPSA) is 82.1 Å². The Morgan fingerprint density at radius 2 is 1.89 bits per heavy atom. The minimum absolute atomic E-state index is 0.232. The SMILES string of the molecule is CC(=O)OC1(C)C(O)C(=O)C2C(C)(C)CCCC2(C)C12CCC1(C=COC1)O2. The summed E-state index contributed by atoms with van der Waals surface area (Å²) in [5.74, 6) is -1.12. The number of hydrogen-bond acceptors (Lipinski definition) is 6. The molecule has 0 radical (unpaired) electrons. The third kappa shape index (κ3) is 2.28. The minimum atomic E-state index is -1.45. The first-order valence-electron chi connectivity index (χ1n) is 10.3. The maximum absolute atomic E-state index is 13.5. The zero-order valence-corrected chi connectivity index (χ0v) is 17.5. The van der Waals surface area contributed by atoms with Crippen molar-refractivity contribution in [2.45, 2.75) is 89.6 Å². The Balaban J connectivity index is 1.92. The minimum Gasteiger partial charge on any atom is -0.498 e. The number of carbonyl (C=O) groups is 2. The Bertz CT molecular complexity index is 743. The summed E-state index contributed by atoms with van der Waals surface area (Å²) in [4.78, 5) is 25.6. The number of fused-ring (bicyclic) bond motifs is 2. The summed E-state index contributed by atoms with van der Waals surface area (Å²) < 4.78 is 18.1. The third-order valence-electron chi connectivity index (χ3n) is 8.17. The molecule has 1 saturated heterocycles. The van der Waals surface area contributed by atoms with Crippen LogP contribution in [0.2, 0.25) is 0 Å². The monoisotopic (exact) mass is 392 g/mol. The summed E-state index contributed by atoms with van der Waals surface area (Å²) in [6, 6.07) is 0. The van der Waals surface area contributed by atoms with Crippen molar-refractivity contribution in [2.75, 3.05) is 6.61 Å². The predicted molar refractivity (Wildman–Crippen MR) is 101 cm³/mol. The standard InChI is InChI=1S/C22H32O6/c1-14(23)27-20(5)17(25)15(24)16-18(2,3)7-6-8-19(16,4)22(20)10-9-21(28-22)11-12-26-13-21/h11-12,16-17,25H,6-10,13H2,1-5H3. The van der Waals surface area contributed by atoms with E-state index in [9.17, 15) is 14.7 Å². The summed E-state index contributed by atoms with van der Waals surface area (Å²) in [6.45, 7) is 9.70. The molecule has 6 atom stereocenters. The first-order valence-corrected chi connectivity index (χ1v) is 10.3. The molecule has 4 aliphatic rings. The van der Waals surface area contributed by atoms with E-state index in [0.717, 1.165) is 19.3 Å². The molecule has 1 N–H and O–H groups in total. The van der Waals surface area contributed by atoms with Gasteiger partial charge in [0.25, 0.3) is 0 Å². The van der Waals surface area contributed by atoms with Gasteiger partial charge in [-0.2, -0.15) is 0 Å². The zero-order chi connectivity index (χ0) is 20.6. The molecule has 0 amide bonds. The lowest BCUT2D eigenvalue weighted by molar-refractivity contribution is -0.307. The van der Waals surface area contributed by atoms with E-state index in [-0.39, 0.29) is 17.1 Å². The Labute approximate surface area is 166 Å². The highest BCUT2D eigenvalue weighted by Gasteiger charge is 2.78. The molecule has 6 unspecified atom stereocenters. The molecule has 2 spiro atoms. The highest BCUT2D eigenvalue weighted by atomic mass is 16.6. The van der Waals surface area contributed by atoms with Crippen LogP contribution in [0.5, 0.6) is 0 Å². The highest BCUT2D eigenvalue weighted by molar-refractivity contribution is 5.90. The van der Waals surface area contributed by atoms with Crippen molar-refractivity contribution in [1.29, 1.82) is 0 Å². The van der Waals surface area contributed by atoms with E-state index in [2.05, 4.69) is 20.8 Å². The van der Waals surface area contributed by atoms with E-state index in [1.807, 2.05) is 6.08 Å². The van der Waals surface area contributed by atoms with Gasteiger partial charge in [-0.05, 0) is 44.1 Å². The molecule has 2 aliphatic carbocycles. The maximum Gasteiger partial charge on any atom is 0.303 e. The molecule has 0 aromatic rings. The summed E-state index contributed by atoms with van der Waals surface area (Å²) in [5, 5.41) is 11.2. The fourth-order valence-electron chi connectivity index (χ4n) is 7.07. The van der Waals surface area contributed by atoms with Crippen LogP contribution in [0.25, 0.3) is 0 Å². The molecule has 4 rings (SSSR count). The normalized spacial score (nSPS) is 49.3. The van der Waals surface area contributed by atoms with E-state index >= 15 is 0 Å². The molecule has 6 heteroatoms. The lowest BCUT2D eigenvalue weighted by Crippen LogP contribution is -2.78. The van der Waals surface area contributed by atoms with Crippen LogP contribution >= 0.6 is 0 Å². The Morgan fingerprint density at radius 1 is 1.18 bits per heavy atom. The van der Waals surface area contributed by atoms with Crippen molar-refractivity contribution in [3.63, 3.8) is 0 Å². The molecular weight excluding hydrogens is 360 g/mol. The number of aliphatic hydroxyl groups excluding tert-OH is 1. The number of ether oxygens (including phenoxy) is 3.